The number of hydrogen-bond acceptors (Lipinski definition) is 5. The largest absolute Gasteiger partial charge is 0.496 e. The highest BCUT2D eigenvalue weighted by atomic mass is 16.6. The van der Waals surface area contributed by atoms with Crippen molar-refractivity contribution < 1.29 is 24.3 Å². The molecule has 0 fully saturated rings. The third kappa shape index (κ3) is 3.71. The number of carbonyl (C=O) groups is 2. The van der Waals surface area contributed by atoms with E-state index in [0.717, 1.165) is 11.3 Å². The predicted molar refractivity (Wildman–Crippen MR) is 74.3 cm³/mol. The average molecular weight is 292 g/mol. The van der Waals surface area contributed by atoms with E-state index in [1.807, 2.05) is 24.3 Å². The number of amides is 1. The first kappa shape index (κ1) is 14.8. The predicted octanol–water partition coefficient (Wildman–Crippen LogP) is 0.583. The highest BCUT2D eigenvalue weighted by molar-refractivity contribution is 6.36. The van der Waals surface area contributed by atoms with Gasteiger partial charge in [0, 0.05) is 13.0 Å². The number of ether oxygens (including phenoxy) is 1. The van der Waals surface area contributed by atoms with E-state index in [0.29, 0.717) is 13.0 Å². The van der Waals surface area contributed by atoms with E-state index in [4.69, 9.17) is 14.7 Å². The first-order chi connectivity index (χ1) is 10.1. The van der Waals surface area contributed by atoms with Crippen molar-refractivity contribution in [1.29, 1.82) is 0 Å². The Bertz CT molecular complexity index is 570. The molecule has 0 spiro atoms. The van der Waals surface area contributed by atoms with Crippen LogP contribution in [0.4, 0.5) is 0 Å². The van der Waals surface area contributed by atoms with Crippen LogP contribution >= 0.6 is 0 Å². The Hall–Kier alpha value is -2.57. The van der Waals surface area contributed by atoms with Gasteiger partial charge in [0.25, 0.3) is 5.91 Å². The minimum Gasteiger partial charge on any atom is -0.496 e. The molecule has 0 saturated carbocycles. The molecule has 1 atom stereocenters. The molecule has 0 aromatic heterocycles. The number of nitrogens with zero attached hydrogens (tertiary/aromatic N) is 1. The molecule has 1 heterocycles. The summed E-state index contributed by atoms with van der Waals surface area (Å²) in [6.45, 7) is 0.404. The summed E-state index contributed by atoms with van der Waals surface area (Å²) in [5.41, 5.74) is 0.843. The number of carbonyl (C=O) groups excluding carboxylic acids is 1. The molecule has 21 heavy (non-hydrogen) atoms. The van der Waals surface area contributed by atoms with Crippen LogP contribution in [0.1, 0.15) is 12.0 Å². The summed E-state index contributed by atoms with van der Waals surface area (Å²) < 4.78 is 5.22. The summed E-state index contributed by atoms with van der Waals surface area (Å²) in [6.07, 6.45) is -0.279. The Morgan fingerprint density at radius 3 is 2.90 bits per heavy atom. The molecule has 7 nitrogen and oxygen atoms in total. The standard InChI is InChI=1S/C14H16N2O5/c1-20-11-5-3-2-4-9(11)6-7-15-13(17)12-8-10(14(18)19)16-21-12/h2-5,12H,6-8H2,1H3,(H,15,17)(H,18,19). The normalized spacial score (nSPS) is 16.8. The zero-order valence-electron chi connectivity index (χ0n) is 11.5. The van der Waals surface area contributed by atoms with E-state index >= 15 is 0 Å². The molecule has 0 bridgehead atoms. The fourth-order valence-electron chi connectivity index (χ4n) is 1.99. The number of carboxylic acid groups (broad SMARTS) is 1. The lowest BCUT2D eigenvalue weighted by Gasteiger charge is -2.11. The molecule has 1 aliphatic heterocycles. The lowest BCUT2D eigenvalue weighted by atomic mass is 10.1. The van der Waals surface area contributed by atoms with Crippen molar-refractivity contribution in [2.24, 2.45) is 5.16 Å². The molecular weight excluding hydrogens is 276 g/mol. The molecule has 0 saturated heterocycles. The lowest BCUT2D eigenvalue weighted by Crippen LogP contribution is -2.36. The molecule has 1 unspecified atom stereocenters. The molecule has 2 N–H and O–H groups in total. The molecule has 1 aromatic rings. The van der Waals surface area contributed by atoms with Crippen molar-refractivity contribution in [3.63, 3.8) is 0 Å². The summed E-state index contributed by atoms with van der Waals surface area (Å²) in [7, 11) is 1.59. The van der Waals surface area contributed by atoms with Gasteiger partial charge in [-0.25, -0.2) is 4.79 Å². The second kappa shape index (κ2) is 6.74. The third-order valence-electron chi connectivity index (χ3n) is 3.09. The molecule has 7 heteroatoms. The van der Waals surface area contributed by atoms with Gasteiger partial charge < -0.3 is 20.0 Å². The maximum atomic E-state index is 11.8. The number of rotatable bonds is 6. The van der Waals surface area contributed by atoms with Crippen LogP contribution < -0.4 is 10.1 Å². The fraction of sp³-hybridized carbons (Fsp3) is 0.357. The van der Waals surface area contributed by atoms with Gasteiger partial charge in [-0.3, -0.25) is 4.79 Å². The second-order valence-corrected chi connectivity index (χ2v) is 4.49. The van der Waals surface area contributed by atoms with Gasteiger partial charge in [0.15, 0.2) is 5.71 Å². The maximum absolute atomic E-state index is 11.8. The van der Waals surface area contributed by atoms with Crippen molar-refractivity contribution in [2.45, 2.75) is 18.9 Å². The van der Waals surface area contributed by atoms with E-state index < -0.39 is 12.1 Å². The smallest absolute Gasteiger partial charge is 0.353 e. The highest BCUT2D eigenvalue weighted by Gasteiger charge is 2.31. The van der Waals surface area contributed by atoms with Gasteiger partial charge in [0.1, 0.15) is 5.75 Å². The van der Waals surface area contributed by atoms with Crippen LogP contribution in [-0.4, -0.2) is 42.5 Å². The van der Waals surface area contributed by atoms with Gasteiger partial charge in [-0.15, -0.1) is 0 Å². The summed E-state index contributed by atoms with van der Waals surface area (Å²) >= 11 is 0. The monoisotopic (exact) mass is 292 g/mol. The van der Waals surface area contributed by atoms with E-state index in [1.54, 1.807) is 7.11 Å². The molecular formula is C14H16N2O5. The first-order valence-electron chi connectivity index (χ1n) is 6.47. The van der Waals surface area contributed by atoms with Gasteiger partial charge in [0.2, 0.25) is 6.10 Å². The topological polar surface area (TPSA) is 97.2 Å². The van der Waals surface area contributed by atoms with Gasteiger partial charge >= 0.3 is 5.97 Å². The number of hydrogen-bond donors (Lipinski definition) is 2. The molecule has 0 aliphatic carbocycles. The first-order valence-corrected chi connectivity index (χ1v) is 6.47. The summed E-state index contributed by atoms with van der Waals surface area (Å²) in [5.74, 6) is -0.774. The molecule has 0 radical (unpaired) electrons. The van der Waals surface area contributed by atoms with E-state index in [-0.39, 0.29) is 18.0 Å². The quantitative estimate of drug-likeness (QED) is 0.799. The fourth-order valence-corrected chi connectivity index (χ4v) is 1.99. The third-order valence-corrected chi connectivity index (χ3v) is 3.09. The average Bonchev–Trinajstić information content (AvgIpc) is 2.98. The van der Waals surface area contributed by atoms with Crippen LogP contribution in [0.5, 0.6) is 5.75 Å². The zero-order valence-corrected chi connectivity index (χ0v) is 11.5. The number of carboxylic acids is 1. The summed E-state index contributed by atoms with van der Waals surface area (Å²) in [5, 5.41) is 14.8. The van der Waals surface area contributed by atoms with Crippen molar-refractivity contribution in [3.05, 3.63) is 29.8 Å². The van der Waals surface area contributed by atoms with E-state index in [1.165, 1.54) is 0 Å². The minimum atomic E-state index is -1.17. The van der Waals surface area contributed by atoms with Crippen molar-refractivity contribution in [2.75, 3.05) is 13.7 Å². The lowest BCUT2D eigenvalue weighted by molar-refractivity contribution is -0.131. The van der Waals surface area contributed by atoms with Crippen LogP contribution in [0.15, 0.2) is 29.4 Å². The SMILES string of the molecule is COc1ccccc1CCNC(=O)C1CC(C(=O)O)=NO1. The number of oxime groups is 1. The van der Waals surface area contributed by atoms with Gasteiger partial charge in [0.05, 0.1) is 7.11 Å². The zero-order chi connectivity index (χ0) is 15.2. The van der Waals surface area contributed by atoms with E-state index in [2.05, 4.69) is 10.5 Å². The molecule has 1 amide bonds. The Morgan fingerprint density at radius 2 is 2.24 bits per heavy atom. The van der Waals surface area contributed by atoms with Crippen molar-refractivity contribution in [3.8, 4) is 5.75 Å². The van der Waals surface area contributed by atoms with Crippen LogP contribution in [0.3, 0.4) is 0 Å². The molecule has 1 aliphatic rings. The summed E-state index contributed by atoms with van der Waals surface area (Å²) in [6, 6.07) is 7.54. The van der Waals surface area contributed by atoms with Gasteiger partial charge in [-0.1, -0.05) is 23.4 Å². The number of methoxy groups -OCH3 is 1. The van der Waals surface area contributed by atoms with Crippen molar-refractivity contribution in [1.82, 2.24) is 5.32 Å². The maximum Gasteiger partial charge on any atom is 0.353 e. The van der Waals surface area contributed by atoms with E-state index in [9.17, 15) is 9.59 Å². The van der Waals surface area contributed by atoms with Crippen LogP contribution in [-0.2, 0) is 20.8 Å². The Morgan fingerprint density at radius 1 is 1.48 bits per heavy atom. The number of nitrogens with one attached hydrogen (secondary N) is 1. The number of aliphatic carboxylic acids is 1. The van der Waals surface area contributed by atoms with Crippen LogP contribution in [0, 0.1) is 0 Å². The van der Waals surface area contributed by atoms with Crippen molar-refractivity contribution >= 4 is 17.6 Å². The second-order valence-electron chi connectivity index (χ2n) is 4.49. The van der Waals surface area contributed by atoms with Crippen LogP contribution in [0.2, 0.25) is 0 Å². The molecule has 2 rings (SSSR count). The number of benzene rings is 1. The molecule has 1 aromatic carbocycles. The van der Waals surface area contributed by atoms with Gasteiger partial charge in [-0.2, -0.15) is 0 Å². The Kier molecular flexibility index (Phi) is 4.76. The van der Waals surface area contributed by atoms with Gasteiger partial charge in [-0.05, 0) is 18.1 Å². The Labute approximate surface area is 121 Å². The Balaban J connectivity index is 1.79. The number of para-hydroxylation sites is 1. The summed E-state index contributed by atoms with van der Waals surface area (Å²) in [4.78, 5) is 27.3. The highest BCUT2D eigenvalue weighted by Crippen LogP contribution is 2.17. The molecule has 112 valence electrons. The van der Waals surface area contributed by atoms with Crippen LogP contribution in [0.25, 0.3) is 0 Å². The minimum absolute atomic E-state index is 0.0180.